The lowest BCUT2D eigenvalue weighted by molar-refractivity contribution is 0.0955. The van der Waals surface area contributed by atoms with Crippen LogP contribution >= 0.6 is 43.5 Å². The van der Waals surface area contributed by atoms with Crippen LogP contribution in [-0.4, -0.2) is 32.4 Å². The minimum absolute atomic E-state index is 0.204. The van der Waals surface area contributed by atoms with Crippen molar-refractivity contribution in [2.24, 2.45) is 0 Å². The summed E-state index contributed by atoms with van der Waals surface area (Å²) in [5.74, 6) is 0.459. The summed E-state index contributed by atoms with van der Waals surface area (Å²) in [6.07, 6.45) is 3.20. The maximum atomic E-state index is 11.9. The molecule has 0 unspecified atom stereocenters. The Morgan fingerprint density at radius 3 is 2.69 bits per heavy atom. The number of H-pyrrole nitrogens is 1. The van der Waals surface area contributed by atoms with Crippen molar-refractivity contribution in [1.29, 1.82) is 0 Å². The van der Waals surface area contributed by atoms with E-state index in [-0.39, 0.29) is 5.91 Å². The highest BCUT2D eigenvalue weighted by molar-refractivity contribution is 9.11. The van der Waals surface area contributed by atoms with Crippen molar-refractivity contribution >= 4 is 60.4 Å². The topological polar surface area (TPSA) is 83.6 Å². The van der Waals surface area contributed by atoms with Crippen molar-refractivity contribution in [3.05, 3.63) is 62.3 Å². The highest BCUT2D eigenvalue weighted by atomic mass is 79.9. The minimum atomic E-state index is -0.204. The molecule has 0 aliphatic rings. The van der Waals surface area contributed by atoms with Gasteiger partial charge in [0.2, 0.25) is 0 Å². The van der Waals surface area contributed by atoms with E-state index in [2.05, 4.69) is 57.1 Å². The summed E-state index contributed by atoms with van der Waals surface area (Å²) in [5, 5.41) is 3.12. The number of carbonyl (C=O) groups excluding carboxylic acids is 1. The maximum Gasteiger partial charge on any atom is 0.252 e. The molecule has 0 radical (unpaired) electrons. The standard InChI is InChI=1S/C20H14Br2ClN5O/c1-2-24-20(29)11-5-14(23)17(26-9-11)10-3-4-15(25-8-10)19-27-16-7-12(21)6-13(22)18(16)28-19/h3-9H,2H2,1H3,(H,24,29)(H,27,28). The molecule has 0 bridgehead atoms. The molecule has 4 aromatic rings. The lowest BCUT2D eigenvalue weighted by atomic mass is 10.1. The normalized spacial score (nSPS) is 11.0. The fourth-order valence-corrected chi connectivity index (χ4v) is 4.46. The highest BCUT2D eigenvalue weighted by Crippen LogP contribution is 2.30. The van der Waals surface area contributed by atoms with E-state index in [0.717, 1.165) is 25.5 Å². The average molecular weight is 536 g/mol. The van der Waals surface area contributed by atoms with Crippen molar-refractivity contribution in [2.45, 2.75) is 6.92 Å². The molecule has 2 N–H and O–H groups in total. The van der Waals surface area contributed by atoms with Gasteiger partial charge in [-0.2, -0.15) is 0 Å². The van der Waals surface area contributed by atoms with Crippen molar-refractivity contribution in [3.8, 4) is 22.8 Å². The molecule has 146 valence electrons. The predicted octanol–water partition coefficient (Wildman–Crippen LogP) is 5.62. The van der Waals surface area contributed by atoms with Gasteiger partial charge < -0.3 is 10.3 Å². The molecule has 0 aliphatic heterocycles. The first-order valence-corrected chi connectivity index (χ1v) is 10.7. The van der Waals surface area contributed by atoms with E-state index >= 15 is 0 Å². The van der Waals surface area contributed by atoms with E-state index in [1.54, 1.807) is 12.3 Å². The van der Waals surface area contributed by atoms with E-state index in [4.69, 9.17) is 11.6 Å². The Balaban J connectivity index is 1.65. The zero-order valence-corrected chi connectivity index (χ0v) is 19.1. The summed E-state index contributed by atoms with van der Waals surface area (Å²) in [6.45, 7) is 2.40. The number of benzene rings is 1. The number of rotatable bonds is 4. The van der Waals surface area contributed by atoms with E-state index < -0.39 is 0 Å². The Morgan fingerprint density at radius 1 is 1.17 bits per heavy atom. The summed E-state index contributed by atoms with van der Waals surface area (Å²) in [4.78, 5) is 28.7. The van der Waals surface area contributed by atoms with Crippen LogP contribution in [0.1, 0.15) is 17.3 Å². The number of halogens is 3. The largest absolute Gasteiger partial charge is 0.352 e. The maximum absolute atomic E-state index is 11.9. The molecule has 6 nitrogen and oxygen atoms in total. The van der Waals surface area contributed by atoms with E-state index in [0.29, 0.717) is 34.3 Å². The molecule has 1 amide bonds. The molecule has 9 heteroatoms. The molecule has 0 saturated heterocycles. The number of hydrogen-bond donors (Lipinski definition) is 2. The van der Waals surface area contributed by atoms with E-state index in [1.807, 2.05) is 31.2 Å². The number of pyridine rings is 2. The van der Waals surface area contributed by atoms with Gasteiger partial charge in [0.1, 0.15) is 11.2 Å². The molecule has 0 aliphatic carbocycles. The Morgan fingerprint density at radius 2 is 2.00 bits per heavy atom. The number of nitrogens with one attached hydrogen (secondary N) is 2. The van der Waals surface area contributed by atoms with Gasteiger partial charge in [-0.1, -0.05) is 27.5 Å². The third-order valence-electron chi connectivity index (χ3n) is 4.23. The van der Waals surface area contributed by atoms with Crippen LogP contribution in [0.4, 0.5) is 0 Å². The number of fused-ring (bicyclic) bond motifs is 1. The molecule has 0 fully saturated rings. The summed E-state index contributed by atoms with van der Waals surface area (Å²) < 4.78 is 1.84. The number of aromatic nitrogens is 4. The molecular weight excluding hydrogens is 522 g/mol. The second-order valence-electron chi connectivity index (χ2n) is 6.22. The Labute approximate surface area is 188 Å². The van der Waals surface area contributed by atoms with Crippen LogP contribution in [0.5, 0.6) is 0 Å². The van der Waals surface area contributed by atoms with Crippen molar-refractivity contribution in [2.75, 3.05) is 6.54 Å². The van der Waals surface area contributed by atoms with Crippen LogP contribution in [0.25, 0.3) is 33.8 Å². The summed E-state index contributed by atoms with van der Waals surface area (Å²) in [7, 11) is 0. The third-order valence-corrected chi connectivity index (χ3v) is 5.58. The number of imidazole rings is 1. The molecule has 3 heterocycles. The van der Waals surface area contributed by atoms with Gasteiger partial charge in [-0.05, 0) is 53.2 Å². The van der Waals surface area contributed by atoms with E-state index in [1.165, 1.54) is 6.20 Å². The van der Waals surface area contributed by atoms with Crippen molar-refractivity contribution in [3.63, 3.8) is 0 Å². The van der Waals surface area contributed by atoms with Gasteiger partial charge in [0.25, 0.3) is 5.91 Å². The van der Waals surface area contributed by atoms with Gasteiger partial charge in [0.05, 0.1) is 21.8 Å². The third kappa shape index (κ3) is 4.05. The second kappa shape index (κ2) is 8.22. The molecular formula is C20H14Br2ClN5O. The smallest absolute Gasteiger partial charge is 0.252 e. The monoisotopic (exact) mass is 533 g/mol. The van der Waals surface area contributed by atoms with Gasteiger partial charge in [-0.3, -0.25) is 14.8 Å². The highest BCUT2D eigenvalue weighted by Gasteiger charge is 2.13. The van der Waals surface area contributed by atoms with Crippen molar-refractivity contribution < 1.29 is 4.79 Å². The molecule has 0 spiro atoms. The van der Waals surface area contributed by atoms with E-state index in [9.17, 15) is 4.79 Å². The first-order chi connectivity index (χ1) is 14.0. The SMILES string of the molecule is CCNC(=O)c1cnc(-c2ccc(-c3nc4c(Br)cc(Br)cc4[nH]3)nc2)c(Cl)c1. The van der Waals surface area contributed by atoms with Gasteiger partial charge in [0.15, 0.2) is 5.82 Å². The van der Waals surface area contributed by atoms with Gasteiger partial charge in [-0.25, -0.2) is 4.98 Å². The Kier molecular flexibility index (Phi) is 5.67. The predicted molar refractivity (Wildman–Crippen MR) is 121 cm³/mol. The quantitative estimate of drug-likeness (QED) is 0.356. The van der Waals surface area contributed by atoms with Crippen LogP contribution in [0.15, 0.2) is 51.7 Å². The zero-order valence-electron chi connectivity index (χ0n) is 15.1. The number of amides is 1. The summed E-state index contributed by atoms with van der Waals surface area (Å²) in [5.41, 5.74) is 4.17. The first-order valence-electron chi connectivity index (χ1n) is 8.71. The molecule has 0 atom stereocenters. The lowest BCUT2D eigenvalue weighted by Crippen LogP contribution is -2.22. The molecule has 4 rings (SSSR count). The van der Waals surface area contributed by atoms with Crippen LogP contribution in [0.2, 0.25) is 5.02 Å². The fraction of sp³-hybridized carbons (Fsp3) is 0.100. The Bertz CT molecular complexity index is 1220. The van der Waals surface area contributed by atoms with Gasteiger partial charge in [-0.15, -0.1) is 0 Å². The zero-order chi connectivity index (χ0) is 20.5. The van der Waals surface area contributed by atoms with Crippen LogP contribution < -0.4 is 5.32 Å². The number of carbonyl (C=O) groups is 1. The number of nitrogens with zero attached hydrogens (tertiary/aromatic N) is 3. The molecule has 29 heavy (non-hydrogen) atoms. The summed E-state index contributed by atoms with van der Waals surface area (Å²) >= 11 is 13.4. The molecule has 1 aromatic carbocycles. The Hall–Kier alpha value is -2.29. The fourth-order valence-electron chi connectivity index (χ4n) is 2.87. The number of hydrogen-bond acceptors (Lipinski definition) is 4. The van der Waals surface area contributed by atoms with Crippen LogP contribution in [0, 0.1) is 0 Å². The van der Waals surface area contributed by atoms with Gasteiger partial charge >= 0.3 is 0 Å². The lowest BCUT2D eigenvalue weighted by Gasteiger charge is -2.07. The average Bonchev–Trinajstić information content (AvgIpc) is 3.13. The first kappa shape index (κ1) is 20.0. The molecule has 3 aromatic heterocycles. The number of aromatic amines is 1. The summed E-state index contributed by atoms with van der Waals surface area (Å²) in [6, 6.07) is 9.25. The second-order valence-corrected chi connectivity index (χ2v) is 8.39. The van der Waals surface area contributed by atoms with Crippen LogP contribution in [0.3, 0.4) is 0 Å². The minimum Gasteiger partial charge on any atom is -0.352 e. The van der Waals surface area contributed by atoms with Crippen LogP contribution in [-0.2, 0) is 0 Å². The van der Waals surface area contributed by atoms with Crippen molar-refractivity contribution in [1.82, 2.24) is 25.3 Å². The molecule has 0 saturated carbocycles. The van der Waals surface area contributed by atoms with Gasteiger partial charge in [0, 0.05) is 33.4 Å².